The Morgan fingerprint density at radius 3 is 2.36 bits per heavy atom. The second kappa shape index (κ2) is 6.08. The summed E-state index contributed by atoms with van der Waals surface area (Å²) in [6.45, 7) is 0. The van der Waals surface area contributed by atoms with Gasteiger partial charge in [0.25, 0.3) is 0 Å². The van der Waals surface area contributed by atoms with E-state index in [0.29, 0.717) is 46.1 Å². The highest BCUT2D eigenvalue weighted by molar-refractivity contribution is 5.79. The van der Waals surface area contributed by atoms with Crippen LogP contribution in [0.5, 0.6) is 17.6 Å². The zero-order valence-corrected chi connectivity index (χ0v) is 14.1. The first-order valence-electron chi connectivity index (χ1n) is 7.77. The molecule has 0 aliphatic heterocycles. The zero-order valence-electron chi connectivity index (χ0n) is 14.1. The first-order chi connectivity index (χ1) is 12.2. The van der Waals surface area contributed by atoms with Crippen LogP contribution in [0.1, 0.15) is 24.5 Å². The molecule has 9 nitrogen and oxygen atoms in total. The molecule has 1 aliphatic carbocycles. The fourth-order valence-electron chi connectivity index (χ4n) is 2.63. The topological polar surface area (TPSA) is 105 Å². The Hall–Kier alpha value is -3.10. The van der Waals surface area contributed by atoms with Gasteiger partial charge in [0.05, 0.1) is 33.2 Å². The lowest BCUT2D eigenvalue weighted by Gasteiger charge is -2.12. The largest absolute Gasteiger partial charge is 0.480 e. The van der Waals surface area contributed by atoms with E-state index in [9.17, 15) is 0 Å². The Morgan fingerprint density at radius 1 is 0.880 bits per heavy atom. The normalized spacial score (nSPS) is 13.7. The number of fused-ring (bicyclic) bond motifs is 1. The maximum Gasteiger partial charge on any atom is 0.245 e. The van der Waals surface area contributed by atoms with E-state index in [1.165, 1.54) is 26.7 Å². The van der Waals surface area contributed by atoms with Crippen molar-refractivity contribution < 1.29 is 14.2 Å². The quantitative estimate of drug-likeness (QED) is 0.687. The van der Waals surface area contributed by atoms with Crippen molar-refractivity contribution in [3.8, 4) is 29.0 Å². The fraction of sp³-hybridized carbons (Fsp3) is 0.375. The maximum absolute atomic E-state index is 5.41. The van der Waals surface area contributed by atoms with Crippen molar-refractivity contribution in [2.24, 2.45) is 0 Å². The van der Waals surface area contributed by atoms with E-state index in [1.807, 2.05) is 0 Å². The van der Waals surface area contributed by atoms with E-state index in [2.05, 4.69) is 29.9 Å². The van der Waals surface area contributed by atoms with Crippen LogP contribution in [0, 0.1) is 0 Å². The van der Waals surface area contributed by atoms with Crippen LogP contribution in [0.25, 0.3) is 22.6 Å². The van der Waals surface area contributed by atoms with Gasteiger partial charge in [-0.3, -0.25) is 0 Å². The number of ether oxygens (including phenoxy) is 3. The van der Waals surface area contributed by atoms with Gasteiger partial charge in [-0.2, -0.15) is 4.98 Å². The predicted molar refractivity (Wildman–Crippen MR) is 87.8 cm³/mol. The summed E-state index contributed by atoms with van der Waals surface area (Å²) in [4.78, 5) is 26.2. The van der Waals surface area contributed by atoms with E-state index < -0.39 is 0 Å². The summed E-state index contributed by atoms with van der Waals surface area (Å²) < 4.78 is 15.9. The van der Waals surface area contributed by atoms with Crippen molar-refractivity contribution >= 4 is 11.2 Å². The van der Waals surface area contributed by atoms with Crippen LogP contribution >= 0.6 is 0 Å². The van der Waals surface area contributed by atoms with Gasteiger partial charge in [0.2, 0.25) is 17.6 Å². The molecule has 9 heteroatoms. The van der Waals surface area contributed by atoms with E-state index in [4.69, 9.17) is 14.2 Å². The third-order valence-corrected chi connectivity index (χ3v) is 3.98. The Kier molecular flexibility index (Phi) is 3.75. The van der Waals surface area contributed by atoms with Gasteiger partial charge in [-0.1, -0.05) is 0 Å². The summed E-state index contributed by atoms with van der Waals surface area (Å²) in [5, 5.41) is 0. The number of nitrogens with zero attached hydrogens (tertiary/aromatic N) is 6. The minimum atomic E-state index is 0.305. The zero-order chi connectivity index (χ0) is 17.4. The molecule has 25 heavy (non-hydrogen) atoms. The molecule has 3 aromatic heterocycles. The summed E-state index contributed by atoms with van der Waals surface area (Å²) in [5.74, 6) is 1.88. The molecule has 0 unspecified atom stereocenters. The molecule has 0 aromatic carbocycles. The standard InChI is InChI=1S/C16H16N6O3/c1-23-9-6-17-14-12(20-9)16(25-3)22-13(21-14)10-11(8-4-5-8)18-7-19-15(10)24-2/h6-8H,4-5H2,1-3H3. The highest BCUT2D eigenvalue weighted by Gasteiger charge is 2.32. The minimum absolute atomic E-state index is 0.305. The van der Waals surface area contributed by atoms with Gasteiger partial charge in [-0.25, -0.2) is 24.9 Å². The molecule has 3 aromatic rings. The van der Waals surface area contributed by atoms with Gasteiger partial charge >= 0.3 is 0 Å². The molecule has 1 fully saturated rings. The van der Waals surface area contributed by atoms with Gasteiger partial charge in [0, 0.05) is 5.92 Å². The molecule has 128 valence electrons. The molecule has 0 saturated heterocycles. The molecule has 0 atom stereocenters. The SMILES string of the molecule is COc1cnc2nc(-c3c(OC)ncnc3C3CC3)nc(OC)c2n1. The average Bonchev–Trinajstić information content (AvgIpc) is 3.51. The molecule has 3 heterocycles. The Bertz CT molecular complexity index is 945. The van der Waals surface area contributed by atoms with Crippen molar-refractivity contribution in [3.63, 3.8) is 0 Å². The van der Waals surface area contributed by atoms with E-state index in [1.54, 1.807) is 7.11 Å². The molecule has 0 N–H and O–H groups in total. The van der Waals surface area contributed by atoms with Crippen LogP contribution in [0.3, 0.4) is 0 Å². The number of hydrogen-bond acceptors (Lipinski definition) is 9. The Balaban J connectivity index is 1.96. The second-order valence-electron chi connectivity index (χ2n) is 5.56. The monoisotopic (exact) mass is 340 g/mol. The van der Waals surface area contributed by atoms with Crippen molar-refractivity contribution in [2.45, 2.75) is 18.8 Å². The van der Waals surface area contributed by atoms with Gasteiger partial charge in [0.1, 0.15) is 11.9 Å². The molecular formula is C16H16N6O3. The molecular weight excluding hydrogens is 324 g/mol. The van der Waals surface area contributed by atoms with Gasteiger partial charge in [-0.05, 0) is 12.8 Å². The molecule has 0 bridgehead atoms. The van der Waals surface area contributed by atoms with Crippen LogP contribution in [-0.4, -0.2) is 51.2 Å². The third kappa shape index (κ3) is 2.67. The molecule has 0 radical (unpaired) electrons. The molecule has 1 aliphatic rings. The van der Waals surface area contributed by atoms with Crippen molar-refractivity contribution in [1.82, 2.24) is 29.9 Å². The Morgan fingerprint density at radius 2 is 1.68 bits per heavy atom. The molecule has 0 spiro atoms. The van der Waals surface area contributed by atoms with Crippen LogP contribution < -0.4 is 14.2 Å². The van der Waals surface area contributed by atoms with Crippen LogP contribution in [0.2, 0.25) is 0 Å². The number of methoxy groups -OCH3 is 3. The second-order valence-corrected chi connectivity index (χ2v) is 5.56. The van der Waals surface area contributed by atoms with Crippen molar-refractivity contribution in [3.05, 3.63) is 18.2 Å². The highest BCUT2D eigenvalue weighted by Crippen LogP contribution is 2.45. The smallest absolute Gasteiger partial charge is 0.245 e. The Labute approximate surface area is 143 Å². The van der Waals surface area contributed by atoms with Crippen LogP contribution in [0.4, 0.5) is 0 Å². The molecule has 1 saturated carbocycles. The van der Waals surface area contributed by atoms with Crippen LogP contribution in [0.15, 0.2) is 12.5 Å². The first-order valence-corrected chi connectivity index (χ1v) is 7.77. The van der Waals surface area contributed by atoms with E-state index in [0.717, 1.165) is 18.5 Å². The number of aromatic nitrogens is 6. The average molecular weight is 340 g/mol. The minimum Gasteiger partial charge on any atom is -0.480 e. The maximum atomic E-state index is 5.41. The van der Waals surface area contributed by atoms with E-state index >= 15 is 0 Å². The van der Waals surface area contributed by atoms with Gasteiger partial charge in [-0.15, -0.1) is 0 Å². The summed E-state index contributed by atoms with van der Waals surface area (Å²) in [7, 11) is 4.60. The molecule has 0 amide bonds. The predicted octanol–water partition coefficient (Wildman–Crippen LogP) is 1.78. The number of rotatable bonds is 5. The van der Waals surface area contributed by atoms with Crippen molar-refractivity contribution in [1.29, 1.82) is 0 Å². The molecule has 4 rings (SSSR count). The number of hydrogen-bond donors (Lipinski definition) is 0. The highest BCUT2D eigenvalue weighted by atomic mass is 16.5. The van der Waals surface area contributed by atoms with Crippen molar-refractivity contribution in [2.75, 3.05) is 21.3 Å². The van der Waals surface area contributed by atoms with Crippen LogP contribution in [-0.2, 0) is 0 Å². The van der Waals surface area contributed by atoms with Gasteiger partial charge in [0.15, 0.2) is 17.0 Å². The summed E-state index contributed by atoms with van der Waals surface area (Å²) in [5.41, 5.74) is 2.38. The third-order valence-electron chi connectivity index (χ3n) is 3.98. The van der Waals surface area contributed by atoms with E-state index in [-0.39, 0.29) is 0 Å². The lowest BCUT2D eigenvalue weighted by atomic mass is 10.1. The lowest BCUT2D eigenvalue weighted by molar-refractivity contribution is 0.389. The van der Waals surface area contributed by atoms with Gasteiger partial charge < -0.3 is 14.2 Å². The lowest BCUT2D eigenvalue weighted by Crippen LogP contribution is -2.05. The summed E-state index contributed by atoms with van der Waals surface area (Å²) >= 11 is 0. The fourth-order valence-corrected chi connectivity index (χ4v) is 2.63. The summed E-state index contributed by atoms with van der Waals surface area (Å²) in [6.07, 6.45) is 5.15. The first kappa shape index (κ1) is 15.4. The summed E-state index contributed by atoms with van der Waals surface area (Å²) in [6, 6.07) is 0.